The minimum Gasteiger partial charge on any atom is -0.358 e. The minimum absolute atomic E-state index is 0.120. The number of hydrogen-bond acceptors (Lipinski definition) is 2. The van der Waals surface area contributed by atoms with Crippen molar-refractivity contribution in [2.75, 3.05) is 14.2 Å². The summed E-state index contributed by atoms with van der Waals surface area (Å²) in [5, 5.41) is 0. The molecule has 0 saturated heterocycles. The van der Waals surface area contributed by atoms with E-state index in [9.17, 15) is 0 Å². The average Bonchev–Trinajstić information content (AvgIpc) is 1.89. The topological polar surface area (TPSA) is 12.5 Å². The molecular weight excluding hydrogens is 114 g/mol. The Kier molecular flexibility index (Phi) is 1.90. The van der Waals surface area contributed by atoms with Crippen LogP contribution < -0.4 is 0 Å². The lowest BCUT2D eigenvalue weighted by Crippen LogP contribution is -2.27. The van der Waals surface area contributed by atoms with Crippen LogP contribution in [0.1, 0.15) is 0 Å². The van der Waals surface area contributed by atoms with E-state index in [2.05, 4.69) is 0 Å². The number of nitrogens with zero attached hydrogens (tertiary/aromatic N) is 1. The van der Waals surface area contributed by atoms with E-state index in [4.69, 9.17) is 4.74 Å². The maximum absolute atomic E-state index is 5.09. The number of likely N-dealkylation sites (N-methyl/N-ethyl adjacent to an activating group) is 1. The van der Waals surface area contributed by atoms with E-state index in [0.29, 0.717) is 0 Å². The third-order valence-electron chi connectivity index (χ3n) is 1.35. The van der Waals surface area contributed by atoms with Gasteiger partial charge in [-0.05, 0) is 12.2 Å². The lowest BCUT2D eigenvalue weighted by atomic mass is 10.3. The molecule has 0 aromatic heterocycles. The standard InChI is InChI=1S/C7H11NO/c1-8-6-4-3-5-7(8)9-2/h3-7H,1-2H3. The third kappa shape index (κ3) is 1.33. The molecule has 0 amide bonds. The summed E-state index contributed by atoms with van der Waals surface area (Å²) in [5.74, 6) is 0. The first-order valence-corrected chi connectivity index (χ1v) is 2.94. The van der Waals surface area contributed by atoms with E-state index in [-0.39, 0.29) is 6.23 Å². The van der Waals surface area contributed by atoms with Gasteiger partial charge in [-0.2, -0.15) is 0 Å². The molecule has 1 rings (SSSR count). The largest absolute Gasteiger partial charge is 0.358 e. The number of rotatable bonds is 1. The fourth-order valence-electron chi connectivity index (χ4n) is 0.810. The van der Waals surface area contributed by atoms with Crippen LogP contribution in [0.3, 0.4) is 0 Å². The predicted molar refractivity (Wildman–Crippen MR) is 36.8 cm³/mol. The molecule has 2 nitrogen and oxygen atoms in total. The highest BCUT2D eigenvalue weighted by Crippen LogP contribution is 2.04. The van der Waals surface area contributed by atoms with E-state index in [1.54, 1.807) is 7.11 Å². The molecule has 50 valence electrons. The first kappa shape index (κ1) is 6.36. The molecule has 0 aromatic rings. The van der Waals surface area contributed by atoms with Gasteiger partial charge in [-0.25, -0.2) is 0 Å². The van der Waals surface area contributed by atoms with Crippen molar-refractivity contribution in [2.24, 2.45) is 0 Å². The summed E-state index contributed by atoms with van der Waals surface area (Å²) in [6.45, 7) is 0. The number of hydrogen-bond donors (Lipinski definition) is 0. The van der Waals surface area contributed by atoms with E-state index in [1.165, 1.54) is 0 Å². The molecule has 0 radical (unpaired) electrons. The van der Waals surface area contributed by atoms with Gasteiger partial charge in [-0.15, -0.1) is 0 Å². The lowest BCUT2D eigenvalue weighted by Gasteiger charge is -2.23. The second-order valence-corrected chi connectivity index (χ2v) is 2.02. The van der Waals surface area contributed by atoms with Crippen molar-refractivity contribution >= 4 is 0 Å². The van der Waals surface area contributed by atoms with Crippen molar-refractivity contribution in [1.82, 2.24) is 4.90 Å². The summed E-state index contributed by atoms with van der Waals surface area (Å²) in [7, 11) is 3.68. The summed E-state index contributed by atoms with van der Waals surface area (Å²) in [4.78, 5) is 2.00. The van der Waals surface area contributed by atoms with Crippen LogP contribution in [0, 0.1) is 0 Å². The van der Waals surface area contributed by atoms with Crippen LogP contribution in [-0.4, -0.2) is 25.3 Å². The van der Waals surface area contributed by atoms with Crippen LogP contribution in [0.15, 0.2) is 24.4 Å². The summed E-state index contributed by atoms with van der Waals surface area (Å²) in [6, 6.07) is 0. The first-order chi connectivity index (χ1) is 4.34. The molecule has 2 heteroatoms. The molecule has 0 spiro atoms. The molecule has 1 unspecified atom stereocenters. The molecule has 1 atom stereocenters. The Hall–Kier alpha value is -0.760. The SMILES string of the molecule is COC1C=CC=CN1C. The molecule has 0 aromatic carbocycles. The van der Waals surface area contributed by atoms with Gasteiger partial charge in [0.05, 0.1) is 0 Å². The molecule has 1 aliphatic rings. The van der Waals surface area contributed by atoms with Crippen LogP contribution in [0.2, 0.25) is 0 Å². The molecule has 0 bridgehead atoms. The monoisotopic (exact) mass is 125 g/mol. The van der Waals surface area contributed by atoms with Crippen molar-refractivity contribution < 1.29 is 4.74 Å². The van der Waals surface area contributed by atoms with Crippen molar-refractivity contribution in [2.45, 2.75) is 6.23 Å². The van der Waals surface area contributed by atoms with Gasteiger partial charge in [0.1, 0.15) is 6.23 Å². The van der Waals surface area contributed by atoms with Crippen LogP contribution >= 0.6 is 0 Å². The molecule has 1 aliphatic heterocycles. The molecule has 9 heavy (non-hydrogen) atoms. The summed E-state index contributed by atoms with van der Waals surface area (Å²) in [5.41, 5.74) is 0. The molecule has 1 heterocycles. The first-order valence-electron chi connectivity index (χ1n) is 2.94. The second kappa shape index (κ2) is 2.69. The highest BCUT2D eigenvalue weighted by atomic mass is 16.5. The van der Waals surface area contributed by atoms with Gasteiger partial charge >= 0.3 is 0 Å². The third-order valence-corrected chi connectivity index (χ3v) is 1.35. The Morgan fingerprint density at radius 3 is 2.67 bits per heavy atom. The van der Waals surface area contributed by atoms with Gasteiger partial charge in [-0.3, -0.25) is 0 Å². The maximum atomic E-state index is 5.09. The average molecular weight is 125 g/mol. The Bertz CT molecular complexity index is 140. The maximum Gasteiger partial charge on any atom is 0.148 e. The van der Waals surface area contributed by atoms with Crippen molar-refractivity contribution in [3.8, 4) is 0 Å². The van der Waals surface area contributed by atoms with E-state index >= 15 is 0 Å². The molecule has 0 aliphatic carbocycles. The van der Waals surface area contributed by atoms with Gasteiger partial charge in [0.25, 0.3) is 0 Å². The van der Waals surface area contributed by atoms with Crippen molar-refractivity contribution in [3.63, 3.8) is 0 Å². The van der Waals surface area contributed by atoms with E-state index < -0.39 is 0 Å². The Balaban J connectivity index is 2.55. The number of ether oxygens (including phenoxy) is 1. The predicted octanol–water partition coefficient (Wildman–Crippen LogP) is 0.974. The van der Waals surface area contributed by atoms with Crippen LogP contribution in [0.4, 0.5) is 0 Å². The van der Waals surface area contributed by atoms with Gasteiger partial charge in [0.2, 0.25) is 0 Å². The Labute approximate surface area is 55.4 Å². The Morgan fingerprint density at radius 2 is 2.22 bits per heavy atom. The molecule has 0 saturated carbocycles. The van der Waals surface area contributed by atoms with E-state index in [1.807, 2.05) is 36.4 Å². The fourth-order valence-corrected chi connectivity index (χ4v) is 0.810. The van der Waals surface area contributed by atoms with Crippen molar-refractivity contribution in [3.05, 3.63) is 24.4 Å². The van der Waals surface area contributed by atoms with Crippen LogP contribution in [-0.2, 0) is 4.74 Å². The quantitative estimate of drug-likeness (QED) is 0.518. The normalized spacial score (nSPS) is 25.1. The molecule has 0 fully saturated rings. The van der Waals surface area contributed by atoms with Gasteiger partial charge < -0.3 is 9.64 Å². The second-order valence-electron chi connectivity index (χ2n) is 2.02. The summed E-state index contributed by atoms with van der Waals surface area (Å²) >= 11 is 0. The lowest BCUT2D eigenvalue weighted by molar-refractivity contribution is 0.0447. The smallest absolute Gasteiger partial charge is 0.148 e. The zero-order valence-electron chi connectivity index (χ0n) is 5.74. The summed E-state index contributed by atoms with van der Waals surface area (Å²) < 4.78 is 5.09. The molecular formula is C7H11NO. The fraction of sp³-hybridized carbons (Fsp3) is 0.429. The van der Waals surface area contributed by atoms with E-state index in [0.717, 1.165) is 0 Å². The summed E-state index contributed by atoms with van der Waals surface area (Å²) in [6.07, 6.45) is 8.06. The Morgan fingerprint density at radius 1 is 1.44 bits per heavy atom. The van der Waals surface area contributed by atoms with Gasteiger partial charge in [-0.1, -0.05) is 6.08 Å². The highest BCUT2D eigenvalue weighted by molar-refractivity contribution is 5.09. The number of methoxy groups -OCH3 is 1. The van der Waals surface area contributed by atoms with Crippen molar-refractivity contribution in [1.29, 1.82) is 0 Å². The minimum atomic E-state index is 0.120. The molecule has 0 N–H and O–H groups in total. The zero-order chi connectivity index (χ0) is 6.69. The van der Waals surface area contributed by atoms with Gasteiger partial charge in [0.15, 0.2) is 0 Å². The van der Waals surface area contributed by atoms with Gasteiger partial charge in [0, 0.05) is 20.4 Å². The van der Waals surface area contributed by atoms with Crippen LogP contribution in [0.25, 0.3) is 0 Å². The highest BCUT2D eigenvalue weighted by Gasteiger charge is 2.06. The number of allylic oxidation sites excluding steroid dienone is 2. The van der Waals surface area contributed by atoms with Crippen LogP contribution in [0.5, 0.6) is 0 Å². The zero-order valence-corrected chi connectivity index (χ0v) is 5.74.